The normalized spacial score (nSPS) is 14.3. The molecule has 2 amide bonds. The van der Waals surface area contributed by atoms with E-state index in [4.69, 9.17) is 16.3 Å². The number of carbonyl (C=O) groups excluding carboxylic acids is 2. The van der Waals surface area contributed by atoms with Crippen molar-refractivity contribution in [2.24, 2.45) is 0 Å². The summed E-state index contributed by atoms with van der Waals surface area (Å²) in [5.74, 6) is 0.972. The number of amides is 2. The van der Waals surface area contributed by atoms with Crippen LogP contribution in [0.1, 0.15) is 47.7 Å². The van der Waals surface area contributed by atoms with E-state index in [2.05, 4.69) is 24.1 Å². The molecule has 0 aromatic heterocycles. The van der Waals surface area contributed by atoms with Gasteiger partial charge in [0, 0.05) is 37.4 Å². The fourth-order valence-corrected chi connectivity index (χ4v) is 4.75. The van der Waals surface area contributed by atoms with E-state index in [-0.39, 0.29) is 18.4 Å². The fourth-order valence-electron chi connectivity index (χ4n) is 4.45. The number of anilines is 2. The summed E-state index contributed by atoms with van der Waals surface area (Å²) in [6.45, 7) is 8.84. The molecule has 1 aliphatic heterocycles. The first-order valence-electron chi connectivity index (χ1n) is 12.8. The van der Waals surface area contributed by atoms with Crippen molar-refractivity contribution in [3.8, 4) is 5.75 Å². The molecule has 1 saturated heterocycles. The minimum Gasteiger partial charge on any atom is -0.484 e. The summed E-state index contributed by atoms with van der Waals surface area (Å²) in [4.78, 5) is 29.4. The van der Waals surface area contributed by atoms with Gasteiger partial charge in [0.2, 0.25) is 0 Å². The molecule has 37 heavy (non-hydrogen) atoms. The molecule has 0 saturated carbocycles. The lowest BCUT2D eigenvalue weighted by molar-refractivity contribution is -0.118. The van der Waals surface area contributed by atoms with Crippen molar-refractivity contribution in [3.05, 3.63) is 88.4 Å². The van der Waals surface area contributed by atoms with Crippen LogP contribution in [0, 0.1) is 6.92 Å². The minimum atomic E-state index is -0.252. The molecule has 1 aliphatic rings. The molecule has 1 N–H and O–H groups in total. The van der Waals surface area contributed by atoms with Gasteiger partial charge in [-0.25, -0.2) is 0 Å². The van der Waals surface area contributed by atoms with Crippen molar-refractivity contribution in [1.29, 1.82) is 0 Å². The van der Waals surface area contributed by atoms with Crippen LogP contribution in [-0.4, -0.2) is 49.5 Å². The highest BCUT2D eigenvalue weighted by Gasteiger charge is 2.24. The maximum Gasteiger partial charge on any atom is 0.262 e. The number of carbonyl (C=O) groups is 2. The Morgan fingerprint density at radius 1 is 1.00 bits per heavy atom. The molecule has 1 atom stereocenters. The summed E-state index contributed by atoms with van der Waals surface area (Å²) in [5.41, 5.74) is 4.50. The molecule has 194 valence electrons. The van der Waals surface area contributed by atoms with Gasteiger partial charge in [-0.1, -0.05) is 55.8 Å². The highest BCUT2D eigenvalue weighted by molar-refractivity contribution is 6.33. The first kappa shape index (κ1) is 26.6. The second-order valence-electron chi connectivity index (χ2n) is 9.48. The summed E-state index contributed by atoms with van der Waals surface area (Å²) < 4.78 is 5.64. The summed E-state index contributed by atoms with van der Waals surface area (Å²) in [6, 6.07) is 21.0. The van der Waals surface area contributed by atoms with Crippen molar-refractivity contribution in [2.75, 3.05) is 43.0 Å². The predicted molar refractivity (Wildman–Crippen MR) is 150 cm³/mol. The first-order chi connectivity index (χ1) is 17.9. The molecule has 0 unspecified atom stereocenters. The Morgan fingerprint density at radius 3 is 2.35 bits per heavy atom. The van der Waals surface area contributed by atoms with Gasteiger partial charge in [0.05, 0.1) is 10.7 Å². The molecule has 0 radical (unpaired) electrons. The van der Waals surface area contributed by atoms with Gasteiger partial charge >= 0.3 is 0 Å². The smallest absolute Gasteiger partial charge is 0.262 e. The third-order valence-corrected chi connectivity index (χ3v) is 7.25. The SMILES string of the molecule is CC[C@@H](C)c1ccc(OCC(=O)Nc2ccc(N3CCN(C(=O)c4ccccc4C)CC3)c(Cl)c2)cc1. The zero-order valence-corrected chi connectivity index (χ0v) is 22.4. The van der Waals surface area contributed by atoms with Crippen molar-refractivity contribution < 1.29 is 14.3 Å². The number of halogens is 1. The summed E-state index contributed by atoms with van der Waals surface area (Å²) in [6.07, 6.45) is 1.08. The van der Waals surface area contributed by atoms with Gasteiger partial charge in [-0.05, 0) is 66.8 Å². The number of rotatable bonds is 8. The van der Waals surface area contributed by atoms with Gasteiger partial charge in [0.1, 0.15) is 5.75 Å². The van der Waals surface area contributed by atoms with Crippen molar-refractivity contribution in [1.82, 2.24) is 4.90 Å². The monoisotopic (exact) mass is 519 g/mol. The number of piperazine rings is 1. The van der Waals surface area contributed by atoms with Crippen LogP contribution in [0.3, 0.4) is 0 Å². The molecule has 6 nitrogen and oxygen atoms in total. The van der Waals surface area contributed by atoms with E-state index in [9.17, 15) is 9.59 Å². The zero-order chi connectivity index (χ0) is 26.4. The number of benzene rings is 3. The standard InChI is InChI=1S/C30H34ClN3O3/c1-4-21(2)23-9-12-25(13-10-23)37-20-29(35)32-24-11-14-28(27(31)19-24)33-15-17-34(18-16-33)30(36)26-8-6-5-7-22(26)3/h5-14,19,21H,4,15-18,20H2,1-3H3,(H,32,35)/t21-/m1/s1. The Kier molecular flexibility index (Phi) is 8.72. The maximum atomic E-state index is 12.9. The third-order valence-electron chi connectivity index (χ3n) is 6.95. The van der Waals surface area contributed by atoms with Crippen LogP contribution in [0.2, 0.25) is 5.02 Å². The lowest BCUT2D eigenvalue weighted by Crippen LogP contribution is -2.49. The van der Waals surface area contributed by atoms with Crippen LogP contribution in [-0.2, 0) is 4.79 Å². The van der Waals surface area contributed by atoms with E-state index in [1.54, 1.807) is 6.07 Å². The van der Waals surface area contributed by atoms with E-state index in [1.165, 1.54) is 5.56 Å². The molecule has 7 heteroatoms. The largest absolute Gasteiger partial charge is 0.484 e. The molecule has 4 rings (SSSR count). The number of hydrogen-bond acceptors (Lipinski definition) is 4. The number of nitrogens with zero attached hydrogens (tertiary/aromatic N) is 2. The van der Waals surface area contributed by atoms with E-state index in [1.807, 2.05) is 72.5 Å². The molecule has 3 aromatic carbocycles. The molecule has 0 aliphatic carbocycles. The van der Waals surface area contributed by atoms with E-state index in [0.29, 0.717) is 48.6 Å². The quantitative estimate of drug-likeness (QED) is 0.388. The van der Waals surface area contributed by atoms with Crippen LogP contribution >= 0.6 is 11.6 Å². The second-order valence-corrected chi connectivity index (χ2v) is 9.88. The van der Waals surface area contributed by atoms with Gasteiger partial charge < -0.3 is 19.9 Å². The Balaban J connectivity index is 1.28. The molecule has 1 fully saturated rings. The first-order valence-corrected chi connectivity index (χ1v) is 13.2. The number of ether oxygens (including phenoxy) is 1. The summed E-state index contributed by atoms with van der Waals surface area (Å²) in [7, 11) is 0. The Bertz CT molecular complexity index is 1240. The zero-order valence-electron chi connectivity index (χ0n) is 21.7. The lowest BCUT2D eigenvalue weighted by atomic mass is 9.99. The number of nitrogens with one attached hydrogen (secondary N) is 1. The lowest BCUT2D eigenvalue weighted by Gasteiger charge is -2.36. The highest BCUT2D eigenvalue weighted by atomic mass is 35.5. The molecule has 1 heterocycles. The van der Waals surface area contributed by atoms with Gasteiger partial charge in [0.25, 0.3) is 11.8 Å². The number of hydrogen-bond donors (Lipinski definition) is 1. The predicted octanol–water partition coefficient (Wildman–Crippen LogP) is 6.14. The fraction of sp³-hybridized carbons (Fsp3) is 0.333. The molecule has 0 bridgehead atoms. The highest BCUT2D eigenvalue weighted by Crippen LogP contribution is 2.30. The van der Waals surface area contributed by atoms with Crippen molar-refractivity contribution in [2.45, 2.75) is 33.1 Å². The van der Waals surface area contributed by atoms with Gasteiger partial charge in [-0.15, -0.1) is 0 Å². The van der Waals surface area contributed by atoms with Crippen LogP contribution in [0.5, 0.6) is 5.75 Å². The topological polar surface area (TPSA) is 61.9 Å². The van der Waals surface area contributed by atoms with Crippen molar-refractivity contribution >= 4 is 34.8 Å². The van der Waals surface area contributed by atoms with Crippen LogP contribution in [0.4, 0.5) is 11.4 Å². The average molecular weight is 520 g/mol. The Labute approximate surface area is 224 Å². The van der Waals surface area contributed by atoms with Crippen molar-refractivity contribution in [3.63, 3.8) is 0 Å². The summed E-state index contributed by atoms with van der Waals surface area (Å²) >= 11 is 6.58. The van der Waals surface area contributed by atoms with Crippen LogP contribution in [0.25, 0.3) is 0 Å². The average Bonchev–Trinajstić information content (AvgIpc) is 2.92. The summed E-state index contributed by atoms with van der Waals surface area (Å²) in [5, 5.41) is 3.40. The number of aryl methyl sites for hydroxylation is 1. The minimum absolute atomic E-state index is 0.0654. The van der Waals surface area contributed by atoms with Gasteiger partial charge in [0.15, 0.2) is 6.61 Å². The van der Waals surface area contributed by atoms with E-state index >= 15 is 0 Å². The van der Waals surface area contributed by atoms with E-state index in [0.717, 1.165) is 23.2 Å². The Morgan fingerprint density at radius 2 is 1.70 bits per heavy atom. The second kappa shape index (κ2) is 12.2. The maximum absolute atomic E-state index is 12.9. The van der Waals surface area contributed by atoms with E-state index < -0.39 is 0 Å². The molecular weight excluding hydrogens is 486 g/mol. The van der Waals surface area contributed by atoms with Crippen LogP contribution < -0.4 is 15.0 Å². The van der Waals surface area contributed by atoms with Crippen LogP contribution in [0.15, 0.2) is 66.7 Å². The third kappa shape index (κ3) is 6.63. The van der Waals surface area contributed by atoms with Gasteiger partial charge in [-0.3, -0.25) is 9.59 Å². The molecular formula is C30H34ClN3O3. The Hall–Kier alpha value is -3.51. The van der Waals surface area contributed by atoms with Gasteiger partial charge in [-0.2, -0.15) is 0 Å². The molecule has 3 aromatic rings. The molecule has 0 spiro atoms.